The zero-order chi connectivity index (χ0) is 51.4. The van der Waals surface area contributed by atoms with E-state index in [2.05, 4.69) is 60.3 Å². The number of alkyl halides is 6. The van der Waals surface area contributed by atoms with E-state index >= 15 is 0 Å². The molecule has 0 saturated heterocycles. The van der Waals surface area contributed by atoms with Gasteiger partial charge in [-0.1, -0.05) is 60.7 Å². The first kappa shape index (κ1) is 59.8. The molecule has 0 heterocycles. The molecule has 4 aromatic rings. The molecule has 0 aliphatic rings. The molecule has 374 valence electrons. The fraction of sp³-hybridized carbons (Fsp3) is 0.480. The molecule has 0 aliphatic carbocycles. The smallest absolute Gasteiger partial charge is 0.416 e. The highest BCUT2D eigenvalue weighted by Crippen LogP contribution is 2.40. The van der Waals surface area contributed by atoms with Gasteiger partial charge in [-0.25, -0.2) is 4.79 Å². The number of aliphatic hydroxyl groups excluding tert-OH is 3. The molecular formula is C50H68F6N2O9. The van der Waals surface area contributed by atoms with Gasteiger partial charge in [0.25, 0.3) is 0 Å². The van der Waals surface area contributed by atoms with Crippen molar-refractivity contribution < 1.29 is 76.6 Å². The number of benzene rings is 4. The van der Waals surface area contributed by atoms with Crippen LogP contribution in [-0.2, 0) is 21.9 Å². The van der Waals surface area contributed by atoms with Crippen molar-refractivity contribution >= 4 is 11.9 Å². The van der Waals surface area contributed by atoms with Crippen LogP contribution in [0.1, 0.15) is 120 Å². The molecular weight excluding hydrogens is 887 g/mol. The topological polar surface area (TPSA) is 186 Å². The van der Waals surface area contributed by atoms with Crippen LogP contribution in [0, 0.1) is 0 Å². The number of halogens is 6. The quantitative estimate of drug-likeness (QED) is 0.0533. The number of carbonyl (C=O) groups is 2. The molecule has 2 unspecified atom stereocenters. The van der Waals surface area contributed by atoms with E-state index in [0.29, 0.717) is 48.1 Å². The highest BCUT2D eigenvalue weighted by atomic mass is 19.4. The number of phenolic OH excluding ortho intramolecular Hbond substituents is 2. The predicted molar refractivity (Wildman–Crippen MR) is 243 cm³/mol. The summed E-state index contributed by atoms with van der Waals surface area (Å²) in [5, 5.41) is 62.4. The third-order valence-corrected chi connectivity index (χ3v) is 10.9. The maximum atomic E-state index is 13.2. The monoisotopic (exact) mass is 954 g/mol. The summed E-state index contributed by atoms with van der Waals surface area (Å²) in [5.74, 6) is -4.62. The van der Waals surface area contributed by atoms with E-state index in [9.17, 15) is 51.3 Å². The molecule has 17 heteroatoms. The lowest BCUT2D eigenvalue weighted by atomic mass is 9.86. The summed E-state index contributed by atoms with van der Waals surface area (Å²) >= 11 is 0. The Morgan fingerprint density at radius 1 is 0.627 bits per heavy atom. The summed E-state index contributed by atoms with van der Waals surface area (Å²) in [6.45, 7) is 20.5. The Morgan fingerprint density at radius 2 is 0.985 bits per heavy atom. The van der Waals surface area contributed by atoms with Crippen molar-refractivity contribution in [3.05, 3.63) is 130 Å². The molecule has 0 aliphatic heterocycles. The van der Waals surface area contributed by atoms with E-state index in [0.717, 1.165) is 60.6 Å². The normalized spacial score (nSPS) is 13.6. The molecule has 0 fully saturated rings. The Balaban J connectivity index is 0.000000532. The minimum Gasteiger partial charge on any atom is -0.547 e. The zero-order valence-corrected chi connectivity index (χ0v) is 39.5. The van der Waals surface area contributed by atoms with Gasteiger partial charge in [-0.2, -0.15) is 26.3 Å². The Kier molecular flexibility index (Phi) is 25.2. The first-order valence-corrected chi connectivity index (χ1v) is 22.0. The van der Waals surface area contributed by atoms with E-state index in [-0.39, 0.29) is 29.9 Å². The fourth-order valence-corrected chi connectivity index (χ4v) is 7.60. The van der Waals surface area contributed by atoms with Crippen molar-refractivity contribution in [1.29, 1.82) is 0 Å². The third-order valence-electron chi connectivity index (χ3n) is 10.9. The number of carbonyl (C=O) groups excluding carboxylic acids is 1. The van der Waals surface area contributed by atoms with Gasteiger partial charge in [-0.15, -0.1) is 0 Å². The van der Waals surface area contributed by atoms with Crippen molar-refractivity contribution in [1.82, 2.24) is 4.90 Å². The van der Waals surface area contributed by atoms with Crippen LogP contribution < -0.4 is 10.0 Å². The summed E-state index contributed by atoms with van der Waals surface area (Å²) in [5.41, 5.74) is 1.01. The van der Waals surface area contributed by atoms with Crippen LogP contribution in [-0.4, -0.2) is 104 Å². The summed E-state index contributed by atoms with van der Waals surface area (Å²) in [4.78, 5) is 23.1. The maximum Gasteiger partial charge on any atom is 0.416 e. The third kappa shape index (κ3) is 19.9. The van der Waals surface area contributed by atoms with Crippen LogP contribution in [0.5, 0.6) is 11.5 Å². The standard InChI is InChI=1S/2C22H28F3NO.C4H6O6.C2H6O/c2*1-15(2)26(16(3)4)13-12-19(17-8-6-5-7-9-17)20-14-18(22(23,24)25)10-11-21(20)27;5-1(3(7)8)2(6)4(9)10;1-2-3/h2*5-11,14-16,19,27H,12-13H2,1-4H3;1-2,5-6H,(H,7,8)(H,9,10);3H,2H2,1H3/t;;1-,2-;/m..1./s1. The molecule has 67 heavy (non-hydrogen) atoms. The van der Waals surface area contributed by atoms with Gasteiger partial charge in [0.2, 0.25) is 0 Å². The number of aliphatic hydroxyl groups is 3. The number of carboxylic acid groups (broad SMARTS) is 2. The van der Waals surface area contributed by atoms with Crippen molar-refractivity contribution in [2.45, 2.75) is 136 Å². The van der Waals surface area contributed by atoms with Gasteiger partial charge in [-0.3, -0.25) is 4.90 Å². The predicted octanol–water partition coefficient (Wildman–Crippen LogP) is 7.23. The number of hydrogen-bond donors (Lipinski definition) is 7. The first-order valence-electron chi connectivity index (χ1n) is 22.0. The van der Waals surface area contributed by atoms with Crippen LogP contribution in [0.3, 0.4) is 0 Å². The Hall–Kier alpha value is -5.20. The lowest BCUT2D eigenvalue weighted by molar-refractivity contribution is -0.942. The number of quaternary nitrogens is 1. The highest BCUT2D eigenvalue weighted by Gasteiger charge is 2.34. The number of nitrogens with one attached hydrogen (secondary N) is 1. The molecule has 7 N–H and O–H groups in total. The number of rotatable bonds is 17. The lowest BCUT2D eigenvalue weighted by Crippen LogP contribution is -3.17. The summed E-state index contributed by atoms with van der Waals surface area (Å²) in [6, 6.07) is 26.7. The number of carboxylic acids is 2. The van der Waals surface area contributed by atoms with Gasteiger partial charge >= 0.3 is 18.3 Å². The number of hydrogen-bond acceptors (Lipinski definition) is 9. The minimum atomic E-state index is -4.44. The number of nitrogens with zero attached hydrogens (tertiary/aromatic N) is 1. The van der Waals surface area contributed by atoms with Crippen LogP contribution >= 0.6 is 0 Å². The molecule has 0 saturated carbocycles. The molecule has 0 spiro atoms. The Bertz CT molecular complexity index is 1890. The zero-order valence-electron chi connectivity index (χ0n) is 39.5. The van der Waals surface area contributed by atoms with E-state index in [1.54, 1.807) is 6.92 Å². The molecule has 11 nitrogen and oxygen atoms in total. The molecule has 0 radical (unpaired) electrons. The van der Waals surface area contributed by atoms with Gasteiger partial charge in [-0.05, 0) is 123 Å². The second kappa shape index (κ2) is 28.2. The maximum absolute atomic E-state index is 13.2. The SMILES string of the molecule is CC(C)N(CCC(c1ccccc1)c1cc(C(F)(F)F)ccc1O)C(C)C.CC(C)[NH+](CCC(c1ccccc1)c1cc(C(F)(F)F)ccc1O)C(C)C.CCO.O=C([O-])[C@H](O)[C@@H](O)C(=O)O. The first-order chi connectivity index (χ1) is 31.1. The van der Waals surface area contributed by atoms with Gasteiger partial charge in [0.15, 0.2) is 6.10 Å². The van der Waals surface area contributed by atoms with Crippen LogP contribution in [0.4, 0.5) is 26.3 Å². The second-order valence-electron chi connectivity index (χ2n) is 17.0. The van der Waals surface area contributed by atoms with Crippen molar-refractivity contribution in [3.63, 3.8) is 0 Å². The summed E-state index contributed by atoms with van der Waals surface area (Å²) in [6.07, 6.45) is -12.3. The molecule has 4 rings (SSSR count). The largest absolute Gasteiger partial charge is 0.547 e. The number of aromatic hydroxyl groups is 2. The number of phenols is 2. The summed E-state index contributed by atoms with van der Waals surface area (Å²) < 4.78 is 79.2. The van der Waals surface area contributed by atoms with Crippen LogP contribution in [0.25, 0.3) is 0 Å². The van der Waals surface area contributed by atoms with Gasteiger partial charge in [0.1, 0.15) is 17.6 Å². The van der Waals surface area contributed by atoms with Crippen molar-refractivity contribution in [2.75, 3.05) is 19.7 Å². The minimum absolute atomic E-state index is 0.0903. The van der Waals surface area contributed by atoms with E-state index < -0.39 is 47.6 Å². The van der Waals surface area contributed by atoms with Gasteiger partial charge in [0.05, 0.1) is 35.7 Å². The highest BCUT2D eigenvalue weighted by molar-refractivity contribution is 5.82. The summed E-state index contributed by atoms with van der Waals surface area (Å²) in [7, 11) is 0. The van der Waals surface area contributed by atoms with E-state index in [1.807, 2.05) is 60.7 Å². The van der Waals surface area contributed by atoms with Crippen molar-refractivity contribution in [3.8, 4) is 11.5 Å². The molecule has 4 atom stereocenters. The molecule has 0 bridgehead atoms. The van der Waals surface area contributed by atoms with E-state index in [1.165, 1.54) is 4.90 Å². The average Bonchev–Trinajstić information content (AvgIpc) is 3.24. The lowest BCUT2D eigenvalue weighted by Gasteiger charge is -2.32. The van der Waals surface area contributed by atoms with Gasteiger partial charge < -0.3 is 45.4 Å². The van der Waals surface area contributed by atoms with Crippen molar-refractivity contribution in [2.24, 2.45) is 0 Å². The molecule has 0 aromatic heterocycles. The molecule has 0 amide bonds. The van der Waals surface area contributed by atoms with E-state index in [4.69, 9.17) is 20.4 Å². The second-order valence-corrected chi connectivity index (χ2v) is 17.0. The van der Waals surface area contributed by atoms with Gasteiger partial charge in [0, 0.05) is 48.1 Å². The van der Waals surface area contributed by atoms with Crippen LogP contribution in [0.15, 0.2) is 97.1 Å². The Morgan fingerprint density at radius 3 is 1.27 bits per heavy atom. The Labute approximate surface area is 390 Å². The molecule has 4 aromatic carbocycles. The van der Waals surface area contributed by atoms with Crippen LogP contribution in [0.2, 0.25) is 0 Å². The number of aliphatic carboxylic acids is 2. The average molecular weight is 955 g/mol. The fourth-order valence-electron chi connectivity index (χ4n) is 7.60.